The first-order valence-corrected chi connectivity index (χ1v) is 7.16. The molecule has 0 aliphatic heterocycles. The smallest absolute Gasteiger partial charge is 0.221 e. The van der Waals surface area contributed by atoms with Crippen molar-refractivity contribution in [3.63, 3.8) is 0 Å². The molecule has 19 heavy (non-hydrogen) atoms. The predicted octanol–water partition coefficient (Wildman–Crippen LogP) is 2.08. The van der Waals surface area contributed by atoms with Crippen molar-refractivity contribution in [2.24, 2.45) is 0 Å². The third-order valence-electron chi connectivity index (χ3n) is 2.64. The highest BCUT2D eigenvalue weighted by Crippen LogP contribution is 2.21. The molecule has 0 radical (unpaired) electrons. The van der Waals surface area contributed by atoms with Crippen molar-refractivity contribution in [1.29, 1.82) is 0 Å². The van der Waals surface area contributed by atoms with Crippen molar-refractivity contribution in [3.05, 3.63) is 34.8 Å². The zero-order chi connectivity index (χ0) is 13.5. The van der Waals surface area contributed by atoms with Crippen LogP contribution in [-0.2, 0) is 17.9 Å². The number of amides is 1. The zero-order valence-electron chi connectivity index (χ0n) is 10.9. The summed E-state index contributed by atoms with van der Waals surface area (Å²) in [7, 11) is 0. The number of nitrogens with zero attached hydrogens (tertiary/aromatic N) is 2. The zero-order valence-corrected chi connectivity index (χ0v) is 11.7. The fraction of sp³-hybridized carbons (Fsp3) is 0.385. The van der Waals surface area contributed by atoms with Crippen LogP contribution in [0.4, 0.5) is 5.69 Å². The summed E-state index contributed by atoms with van der Waals surface area (Å²) < 4.78 is 1.93. The lowest BCUT2D eigenvalue weighted by Gasteiger charge is -2.06. The molecule has 0 bridgehead atoms. The van der Waals surface area contributed by atoms with Crippen LogP contribution in [0.5, 0.6) is 0 Å². The number of hydrogen-bond donors (Lipinski definition) is 2. The summed E-state index contributed by atoms with van der Waals surface area (Å²) in [5.41, 5.74) is 0.914. The van der Waals surface area contributed by atoms with Crippen molar-refractivity contribution in [2.45, 2.75) is 26.4 Å². The van der Waals surface area contributed by atoms with Crippen LogP contribution in [0, 0.1) is 0 Å². The molecule has 6 heteroatoms. The molecule has 2 rings (SSSR count). The minimum Gasteiger partial charge on any atom is -0.325 e. The van der Waals surface area contributed by atoms with E-state index in [0.29, 0.717) is 0 Å². The average Bonchev–Trinajstić information content (AvgIpc) is 3.00. The van der Waals surface area contributed by atoms with Crippen LogP contribution in [0.3, 0.4) is 0 Å². The largest absolute Gasteiger partial charge is 0.325 e. The van der Waals surface area contributed by atoms with Gasteiger partial charge in [0.25, 0.3) is 0 Å². The summed E-state index contributed by atoms with van der Waals surface area (Å²) in [6.07, 6.45) is 4.79. The Balaban J connectivity index is 1.68. The highest BCUT2D eigenvalue weighted by molar-refractivity contribution is 7.10. The highest BCUT2D eigenvalue weighted by atomic mass is 32.1. The van der Waals surface area contributed by atoms with Gasteiger partial charge in [-0.3, -0.25) is 9.48 Å². The minimum absolute atomic E-state index is 0.0293. The van der Waals surface area contributed by atoms with Gasteiger partial charge in [0, 0.05) is 37.3 Å². The lowest BCUT2D eigenvalue weighted by molar-refractivity contribution is -0.114. The standard InChI is InChI=1S/C13H18N4OS/c1-11(18)16-12-4-9-19-13(12)10-14-5-2-7-17-8-3-6-15-17/h3-4,6,8-9,14H,2,5,7,10H2,1H3,(H,16,18). The second-order valence-corrected chi connectivity index (χ2v) is 5.24. The van der Waals surface area contributed by atoms with E-state index in [1.165, 1.54) is 6.92 Å². The van der Waals surface area contributed by atoms with Gasteiger partial charge >= 0.3 is 0 Å². The Morgan fingerprint density at radius 1 is 1.53 bits per heavy atom. The molecule has 0 aromatic carbocycles. The molecule has 0 saturated carbocycles. The maximum atomic E-state index is 11.0. The lowest BCUT2D eigenvalue weighted by Crippen LogP contribution is -2.17. The number of aryl methyl sites for hydroxylation is 1. The lowest BCUT2D eigenvalue weighted by atomic mass is 10.3. The van der Waals surface area contributed by atoms with E-state index in [1.54, 1.807) is 17.5 Å². The van der Waals surface area contributed by atoms with Crippen LogP contribution in [0.2, 0.25) is 0 Å². The summed E-state index contributed by atoms with van der Waals surface area (Å²) in [5, 5.41) is 12.4. The third-order valence-corrected chi connectivity index (χ3v) is 3.56. The summed E-state index contributed by atoms with van der Waals surface area (Å²) in [6, 6.07) is 3.87. The predicted molar refractivity (Wildman–Crippen MR) is 77.2 cm³/mol. The summed E-state index contributed by atoms with van der Waals surface area (Å²) in [4.78, 5) is 12.2. The number of carbonyl (C=O) groups is 1. The van der Waals surface area contributed by atoms with Crippen LogP contribution in [0.1, 0.15) is 18.2 Å². The van der Waals surface area contributed by atoms with Crippen LogP contribution in [0.15, 0.2) is 29.9 Å². The van der Waals surface area contributed by atoms with Crippen molar-refractivity contribution < 1.29 is 4.79 Å². The van der Waals surface area contributed by atoms with Gasteiger partial charge in [-0.05, 0) is 30.5 Å². The van der Waals surface area contributed by atoms with Crippen molar-refractivity contribution in [1.82, 2.24) is 15.1 Å². The van der Waals surface area contributed by atoms with Crippen molar-refractivity contribution in [3.8, 4) is 0 Å². The van der Waals surface area contributed by atoms with Crippen molar-refractivity contribution in [2.75, 3.05) is 11.9 Å². The second kappa shape index (κ2) is 7.06. The molecular weight excluding hydrogens is 260 g/mol. The average molecular weight is 278 g/mol. The highest BCUT2D eigenvalue weighted by Gasteiger charge is 2.04. The van der Waals surface area contributed by atoms with Gasteiger partial charge in [-0.2, -0.15) is 5.10 Å². The van der Waals surface area contributed by atoms with Gasteiger partial charge in [0.05, 0.1) is 5.69 Å². The van der Waals surface area contributed by atoms with E-state index in [2.05, 4.69) is 15.7 Å². The van der Waals surface area contributed by atoms with Crippen LogP contribution in [0.25, 0.3) is 0 Å². The van der Waals surface area contributed by atoms with Gasteiger partial charge in [-0.1, -0.05) is 0 Å². The second-order valence-electron chi connectivity index (χ2n) is 4.24. The molecule has 0 unspecified atom stereocenters. The van der Waals surface area contributed by atoms with E-state index in [4.69, 9.17) is 0 Å². The number of aromatic nitrogens is 2. The first kappa shape index (κ1) is 13.8. The molecular formula is C13H18N4OS. The van der Waals surface area contributed by atoms with Gasteiger partial charge in [0.1, 0.15) is 0 Å². The summed E-state index contributed by atoms with van der Waals surface area (Å²) in [5.74, 6) is -0.0293. The Hall–Kier alpha value is -1.66. The molecule has 2 N–H and O–H groups in total. The quantitative estimate of drug-likeness (QED) is 0.762. The number of anilines is 1. The van der Waals surface area contributed by atoms with Gasteiger partial charge in [0.2, 0.25) is 5.91 Å². The number of rotatable bonds is 7. The Labute approximate surface area is 116 Å². The molecule has 2 heterocycles. The maximum Gasteiger partial charge on any atom is 0.221 e. The summed E-state index contributed by atoms with van der Waals surface area (Å²) in [6.45, 7) is 4.16. The molecule has 2 aromatic heterocycles. The molecule has 0 spiro atoms. The van der Waals surface area contributed by atoms with Gasteiger partial charge < -0.3 is 10.6 Å². The van der Waals surface area contributed by atoms with Gasteiger partial charge in [0.15, 0.2) is 0 Å². The Kier molecular flexibility index (Phi) is 5.11. The van der Waals surface area contributed by atoms with Gasteiger partial charge in [-0.25, -0.2) is 0 Å². The van der Waals surface area contributed by atoms with E-state index in [9.17, 15) is 4.79 Å². The molecule has 0 fully saturated rings. The fourth-order valence-electron chi connectivity index (χ4n) is 1.78. The first-order chi connectivity index (χ1) is 9.25. The van der Waals surface area contributed by atoms with E-state index in [-0.39, 0.29) is 5.91 Å². The van der Waals surface area contributed by atoms with E-state index in [1.807, 2.05) is 28.4 Å². The van der Waals surface area contributed by atoms with Crippen LogP contribution in [-0.4, -0.2) is 22.2 Å². The SMILES string of the molecule is CC(=O)Nc1ccsc1CNCCCn1cccn1. The normalized spacial score (nSPS) is 10.6. The molecule has 5 nitrogen and oxygen atoms in total. The first-order valence-electron chi connectivity index (χ1n) is 6.28. The number of nitrogens with one attached hydrogen (secondary N) is 2. The molecule has 102 valence electrons. The molecule has 0 aliphatic rings. The Morgan fingerprint density at radius 3 is 3.16 bits per heavy atom. The number of hydrogen-bond acceptors (Lipinski definition) is 4. The number of thiophene rings is 1. The fourth-order valence-corrected chi connectivity index (χ4v) is 2.58. The topological polar surface area (TPSA) is 59.0 Å². The van der Waals surface area contributed by atoms with E-state index >= 15 is 0 Å². The molecule has 0 aliphatic carbocycles. The Morgan fingerprint density at radius 2 is 2.42 bits per heavy atom. The molecule has 0 atom stereocenters. The van der Waals surface area contributed by atoms with Crippen LogP contribution >= 0.6 is 11.3 Å². The van der Waals surface area contributed by atoms with E-state index in [0.717, 1.165) is 36.6 Å². The monoisotopic (exact) mass is 278 g/mol. The maximum absolute atomic E-state index is 11.0. The number of carbonyl (C=O) groups excluding carboxylic acids is 1. The minimum atomic E-state index is -0.0293. The molecule has 2 aromatic rings. The van der Waals surface area contributed by atoms with Crippen LogP contribution < -0.4 is 10.6 Å². The Bertz CT molecular complexity index is 506. The third kappa shape index (κ3) is 4.50. The van der Waals surface area contributed by atoms with Crippen molar-refractivity contribution >= 4 is 22.9 Å². The van der Waals surface area contributed by atoms with Gasteiger partial charge in [-0.15, -0.1) is 11.3 Å². The summed E-state index contributed by atoms with van der Waals surface area (Å²) >= 11 is 1.65. The molecule has 0 saturated heterocycles. The van der Waals surface area contributed by atoms with E-state index < -0.39 is 0 Å². The molecule has 1 amide bonds.